The van der Waals surface area contributed by atoms with Gasteiger partial charge >= 0.3 is 0 Å². The van der Waals surface area contributed by atoms with Gasteiger partial charge in [0.25, 0.3) is 5.91 Å². The Kier molecular flexibility index (Phi) is 4.12. The van der Waals surface area contributed by atoms with Crippen LogP contribution in [0.5, 0.6) is 5.88 Å². The first-order valence-electron chi connectivity index (χ1n) is 8.02. The standard InChI is InChI=1S/C18H17ClN2O3/c19-15-9-13(10-20-17(15)24-14-6-8-23-11-14)18(22)21-7-5-12-3-1-2-4-16(12)21/h1-4,9-10,14H,5-8,11H2/t14-/m0/s1. The lowest BCUT2D eigenvalue weighted by Gasteiger charge is -2.18. The van der Waals surface area contributed by atoms with Crippen molar-refractivity contribution in [2.45, 2.75) is 18.9 Å². The summed E-state index contributed by atoms with van der Waals surface area (Å²) in [5.41, 5.74) is 2.61. The van der Waals surface area contributed by atoms with Crippen molar-refractivity contribution in [3.63, 3.8) is 0 Å². The summed E-state index contributed by atoms with van der Waals surface area (Å²) in [5, 5.41) is 0.347. The number of carbonyl (C=O) groups is 1. The van der Waals surface area contributed by atoms with E-state index >= 15 is 0 Å². The highest BCUT2D eigenvalue weighted by Crippen LogP contribution is 2.30. The van der Waals surface area contributed by atoms with Crippen LogP contribution in [0, 0.1) is 0 Å². The summed E-state index contributed by atoms with van der Waals surface area (Å²) >= 11 is 6.26. The number of amides is 1. The highest BCUT2D eigenvalue weighted by atomic mass is 35.5. The van der Waals surface area contributed by atoms with Gasteiger partial charge in [-0.2, -0.15) is 0 Å². The molecule has 1 aromatic heterocycles. The number of carbonyl (C=O) groups excluding carboxylic acids is 1. The fourth-order valence-corrected chi connectivity index (χ4v) is 3.31. The molecular weight excluding hydrogens is 328 g/mol. The van der Waals surface area contributed by atoms with Crippen molar-refractivity contribution in [3.8, 4) is 5.88 Å². The predicted molar refractivity (Wildman–Crippen MR) is 90.9 cm³/mol. The van der Waals surface area contributed by atoms with Crippen molar-refractivity contribution in [2.75, 3.05) is 24.7 Å². The fraction of sp³-hybridized carbons (Fsp3) is 0.333. The number of nitrogens with zero attached hydrogens (tertiary/aromatic N) is 2. The van der Waals surface area contributed by atoms with Gasteiger partial charge in [0.2, 0.25) is 5.88 Å². The summed E-state index contributed by atoms with van der Waals surface area (Å²) in [6.45, 7) is 1.91. The van der Waals surface area contributed by atoms with Crippen LogP contribution in [0.4, 0.5) is 5.69 Å². The molecule has 2 aromatic rings. The zero-order valence-electron chi connectivity index (χ0n) is 13.1. The maximum Gasteiger partial charge on any atom is 0.259 e. The Hall–Kier alpha value is -2.11. The van der Waals surface area contributed by atoms with Gasteiger partial charge in [-0.3, -0.25) is 4.79 Å². The molecule has 2 aliphatic heterocycles. The van der Waals surface area contributed by atoms with Gasteiger partial charge in [-0.05, 0) is 24.1 Å². The number of aromatic nitrogens is 1. The quantitative estimate of drug-likeness (QED) is 0.858. The van der Waals surface area contributed by atoms with Crippen molar-refractivity contribution in [2.24, 2.45) is 0 Å². The molecule has 24 heavy (non-hydrogen) atoms. The minimum Gasteiger partial charge on any atom is -0.471 e. The van der Waals surface area contributed by atoms with Crippen LogP contribution < -0.4 is 9.64 Å². The molecule has 0 spiro atoms. The van der Waals surface area contributed by atoms with Crippen LogP contribution in [0.15, 0.2) is 36.5 Å². The van der Waals surface area contributed by atoms with Crippen molar-refractivity contribution in [1.29, 1.82) is 0 Å². The van der Waals surface area contributed by atoms with E-state index in [9.17, 15) is 4.79 Å². The van der Waals surface area contributed by atoms with E-state index in [4.69, 9.17) is 21.1 Å². The highest BCUT2D eigenvalue weighted by molar-refractivity contribution is 6.32. The Morgan fingerprint density at radius 3 is 3.04 bits per heavy atom. The zero-order valence-corrected chi connectivity index (χ0v) is 13.8. The first kappa shape index (κ1) is 15.4. The van der Waals surface area contributed by atoms with Gasteiger partial charge in [-0.1, -0.05) is 29.8 Å². The maximum atomic E-state index is 12.8. The molecule has 4 rings (SSSR count). The van der Waals surface area contributed by atoms with Gasteiger partial charge in [-0.15, -0.1) is 0 Å². The summed E-state index contributed by atoms with van der Waals surface area (Å²) in [7, 11) is 0. The molecule has 0 radical (unpaired) electrons. The van der Waals surface area contributed by atoms with Crippen LogP contribution in [-0.2, 0) is 11.2 Å². The van der Waals surface area contributed by atoms with E-state index in [0.717, 1.165) is 18.5 Å². The SMILES string of the molecule is O=C(c1cnc(O[C@H]2CCOC2)c(Cl)c1)N1CCc2ccccc21. The van der Waals surface area contributed by atoms with Crippen LogP contribution in [0.3, 0.4) is 0 Å². The van der Waals surface area contributed by atoms with Gasteiger partial charge in [0.15, 0.2) is 0 Å². The van der Waals surface area contributed by atoms with Crippen molar-refractivity contribution in [3.05, 3.63) is 52.7 Å². The topological polar surface area (TPSA) is 51.7 Å². The minimum absolute atomic E-state index is 0.0259. The van der Waals surface area contributed by atoms with E-state index in [1.807, 2.05) is 18.2 Å². The first-order chi connectivity index (χ1) is 11.7. The highest BCUT2D eigenvalue weighted by Gasteiger charge is 2.26. The van der Waals surface area contributed by atoms with Crippen molar-refractivity contribution >= 4 is 23.2 Å². The van der Waals surface area contributed by atoms with Gasteiger partial charge in [0.1, 0.15) is 11.1 Å². The molecule has 1 amide bonds. The first-order valence-corrected chi connectivity index (χ1v) is 8.40. The predicted octanol–water partition coefficient (Wildman–Crippen LogP) is 3.11. The number of anilines is 1. The van der Waals surface area contributed by atoms with E-state index in [0.29, 0.717) is 36.2 Å². The van der Waals surface area contributed by atoms with Gasteiger partial charge < -0.3 is 14.4 Å². The van der Waals surface area contributed by atoms with Crippen LogP contribution in [0.25, 0.3) is 0 Å². The molecule has 124 valence electrons. The van der Waals surface area contributed by atoms with Crippen molar-refractivity contribution < 1.29 is 14.3 Å². The second-order valence-electron chi connectivity index (χ2n) is 5.95. The molecule has 1 saturated heterocycles. The second-order valence-corrected chi connectivity index (χ2v) is 6.36. The Balaban J connectivity index is 1.54. The van der Waals surface area contributed by atoms with Crippen molar-refractivity contribution in [1.82, 2.24) is 4.98 Å². The number of para-hydroxylation sites is 1. The lowest BCUT2D eigenvalue weighted by molar-refractivity contribution is 0.0988. The van der Waals surface area contributed by atoms with Gasteiger partial charge in [0, 0.05) is 24.8 Å². The Labute approximate surface area is 145 Å². The number of halogens is 1. The Bertz CT molecular complexity index is 775. The smallest absolute Gasteiger partial charge is 0.259 e. The largest absolute Gasteiger partial charge is 0.471 e. The summed E-state index contributed by atoms with van der Waals surface area (Å²) in [6, 6.07) is 9.57. The number of pyridine rings is 1. The van der Waals surface area contributed by atoms with E-state index < -0.39 is 0 Å². The van der Waals surface area contributed by atoms with E-state index in [1.165, 1.54) is 11.8 Å². The zero-order chi connectivity index (χ0) is 16.5. The fourth-order valence-electron chi connectivity index (χ4n) is 3.10. The lowest BCUT2D eigenvalue weighted by atomic mass is 10.2. The average molecular weight is 345 g/mol. The number of benzene rings is 1. The normalized spacial score (nSPS) is 19.4. The van der Waals surface area contributed by atoms with Crippen LogP contribution in [-0.4, -0.2) is 36.8 Å². The summed E-state index contributed by atoms with van der Waals surface area (Å²) in [4.78, 5) is 18.8. The molecule has 0 N–H and O–H groups in total. The molecule has 3 heterocycles. The summed E-state index contributed by atoms with van der Waals surface area (Å²) < 4.78 is 11.0. The Morgan fingerprint density at radius 1 is 1.38 bits per heavy atom. The third kappa shape index (κ3) is 2.85. The molecule has 2 aliphatic rings. The monoisotopic (exact) mass is 344 g/mol. The number of fused-ring (bicyclic) bond motifs is 1. The van der Waals surface area contributed by atoms with Crippen LogP contribution in [0.2, 0.25) is 5.02 Å². The number of hydrogen-bond acceptors (Lipinski definition) is 4. The summed E-state index contributed by atoms with van der Waals surface area (Å²) in [5.74, 6) is 0.260. The summed E-state index contributed by atoms with van der Waals surface area (Å²) in [6.07, 6.45) is 3.19. The minimum atomic E-state index is -0.0925. The Morgan fingerprint density at radius 2 is 2.25 bits per heavy atom. The molecule has 0 bridgehead atoms. The molecule has 1 aromatic carbocycles. The lowest BCUT2D eigenvalue weighted by Crippen LogP contribution is -2.29. The number of rotatable bonds is 3. The molecule has 0 aliphatic carbocycles. The molecular formula is C18H17ClN2O3. The number of ether oxygens (including phenoxy) is 2. The van der Waals surface area contributed by atoms with E-state index in [2.05, 4.69) is 11.1 Å². The third-order valence-corrected chi connectivity index (χ3v) is 4.62. The molecule has 1 fully saturated rings. The third-order valence-electron chi connectivity index (χ3n) is 4.35. The number of hydrogen-bond donors (Lipinski definition) is 0. The molecule has 0 saturated carbocycles. The maximum absolute atomic E-state index is 12.8. The van der Waals surface area contributed by atoms with Crippen LogP contribution >= 0.6 is 11.6 Å². The van der Waals surface area contributed by atoms with Gasteiger partial charge in [-0.25, -0.2) is 4.98 Å². The van der Waals surface area contributed by atoms with E-state index in [-0.39, 0.29) is 12.0 Å². The van der Waals surface area contributed by atoms with Gasteiger partial charge in [0.05, 0.1) is 18.8 Å². The van der Waals surface area contributed by atoms with Crippen LogP contribution in [0.1, 0.15) is 22.3 Å². The van der Waals surface area contributed by atoms with E-state index in [1.54, 1.807) is 11.0 Å². The molecule has 5 nitrogen and oxygen atoms in total. The molecule has 1 atom stereocenters. The average Bonchev–Trinajstić information content (AvgIpc) is 3.25. The molecule has 0 unspecified atom stereocenters. The second kappa shape index (κ2) is 6.42. The molecule has 6 heteroatoms.